The molecular formula is C26H25N9O. The van der Waals surface area contributed by atoms with Crippen molar-refractivity contribution in [3.05, 3.63) is 66.4 Å². The molecule has 2 bridgehead atoms. The van der Waals surface area contributed by atoms with E-state index >= 15 is 0 Å². The van der Waals surface area contributed by atoms with E-state index < -0.39 is 0 Å². The molecule has 0 radical (unpaired) electrons. The van der Waals surface area contributed by atoms with E-state index in [2.05, 4.69) is 41.7 Å². The maximum absolute atomic E-state index is 6.12. The fourth-order valence-electron chi connectivity index (χ4n) is 5.07. The molecule has 5 aromatic rings. The molecular weight excluding hydrogens is 454 g/mol. The van der Waals surface area contributed by atoms with Crippen molar-refractivity contribution in [2.24, 2.45) is 0 Å². The highest BCUT2D eigenvalue weighted by Crippen LogP contribution is 2.33. The largest absolute Gasteiger partial charge is 0.457 e. The second-order valence-electron chi connectivity index (χ2n) is 9.33. The number of rotatable bonds is 4. The number of hydrogen-bond donors (Lipinski definition) is 2. The highest BCUT2D eigenvalue weighted by molar-refractivity contribution is 5.89. The summed E-state index contributed by atoms with van der Waals surface area (Å²) in [6.07, 6.45) is 7.07. The molecule has 0 saturated carbocycles. The molecule has 0 amide bonds. The Labute approximate surface area is 207 Å². The molecule has 180 valence electrons. The van der Waals surface area contributed by atoms with Gasteiger partial charge in [-0.05, 0) is 61.2 Å². The van der Waals surface area contributed by atoms with Crippen LogP contribution in [0.15, 0.2) is 55.2 Å². The highest BCUT2D eigenvalue weighted by Gasteiger charge is 2.27. The van der Waals surface area contributed by atoms with Crippen LogP contribution in [0.25, 0.3) is 16.7 Å². The van der Waals surface area contributed by atoms with Crippen molar-refractivity contribution < 1.29 is 4.74 Å². The zero-order valence-corrected chi connectivity index (χ0v) is 19.8. The quantitative estimate of drug-likeness (QED) is 0.400. The van der Waals surface area contributed by atoms with Gasteiger partial charge in [-0.15, -0.1) is 0 Å². The summed E-state index contributed by atoms with van der Waals surface area (Å²) in [7, 11) is 0. The second-order valence-corrected chi connectivity index (χ2v) is 9.33. The normalized spacial score (nSPS) is 17.1. The van der Waals surface area contributed by atoms with Gasteiger partial charge in [0.15, 0.2) is 11.5 Å². The average molecular weight is 480 g/mol. The first kappa shape index (κ1) is 21.0. The Hall–Kier alpha value is -4.31. The number of benzene rings is 1. The first-order chi connectivity index (χ1) is 17.7. The van der Waals surface area contributed by atoms with Gasteiger partial charge in [0.2, 0.25) is 0 Å². The maximum Gasteiger partial charge on any atom is 0.160 e. The van der Waals surface area contributed by atoms with Crippen LogP contribution < -0.4 is 20.3 Å². The Morgan fingerprint density at radius 2 is 2.06 bits per heavy atom. The third-order valence-corrected chi connectivity index (χ3v) is 6.90. The molecule has 6 heterocycles. The number of fused-ring (bicyclic) bond motifs is 6. The van der Waals surface area contributed by atoms with Crippen LogP contribution >= 0.6 is 0 Å². The number of aryl methyl sites for hydroxylation is 2. The van der Waals surface area contributed by atoms with Gasteiger partial charge in [0.05, 0.1) is 5.52 Å². The maximum atomic E-state index is 6.12. The third kappa shape index (κ3) is 3.75. The fraction of sp³-hybridized carbons (Fsp3) is 0.269. The van der Waals surface area contributed by atoms with E-state index in [0.717, 1.165) is 72.0 Å². The van der Waals surface area contributed by atoms with Crippen molar-refractivity contribution in [3.8, 4) is 11.5 Å². The lowest BCUT2D eigenvalue weighted by atomic mass is 10.1. The van der Waals surface area contributed by atoms with Gasteiger partial charge in [-0.3, -0.25) is 0 Å². The van der Waals surface area contributed by atoms with Crippen LogP contribution in [0.4, 0.5) is 17.3 Å². The lowest BCUT2D eigenvalue weighted by Gasteiger charge is -2.32. The Bertz CT molecular complexity index is 1600. The first-order valence-corrected chi connectivity index (χ1v) is 12.2. The molecule has 10 heteroatoms. The summed E-state index contributed by atoms with van der Waals surface area (Å²) in [6.45, 7) is 4.96. The van der Waals surface area contributed by atoms with Gasteiger partial charge >= 0.3 is 0 Å². The minimum atomic E-state index is 0.515. The van der Waals surface area contributed by atoms with Crippen LogP contribution in [0.2, 0.25) is 0 Å². The van der Waals surface area contributed by atoms with E-state index in [1.54, 1.807) is 10.8 Å². The van der Waals surface area contributed by atoms with Crippen LogP contribution in [0.1, 0.15) is 17.5 Å². The summed E-state index contributed by atoms with van der Waals surface area (Å²) in [6, 6.07) is 12.4. The van der Waals surface area contributed by atoms with E-state index in [1.165, 1.54) is 11.9 Å². The minimum absolute atomic E-state index is 0.515. The van der Waals surface area contributed by atoms with Gasteiger partial charge in [-0.1, -0.05) is 0 Å². The number of hydrogen-bond acceptors (Lipinski definition) is 9. The van der Waals surface area contributed by atoms with Crippen LogP contribution in [0.5, 0.6) is 11.5 Å². The van der Waals surface area contributed by atoms with Crippen LogP contribution in [0, 0.1) is 6.92 Å². The SMILES string of the molecule is Cc1cc(Nc2ncnc3cc4c(nc23)N2CCN[C@H](CC4)C2)ccc1Oc1ccn2ncnc2c1. The first-order valence-electron chi connectivity index (χ1n) is 12.2. The van der Waals surface area contributed by atoms with Crippen molar-refractivity contribution in [3.63, 3.8) is 0 Å². The minimum Gasteiger partial charge on any atom is -0.457 e. The smallest absolute Gasteiger partial charge is 0.160 e. The average Bonchev–Trinajstić information content (AvgIpc) is 3.33. The predicted octanol–water partition coefficient (Wildman–Crippen LogP) is 3.64. The van der Waals surface area contributed by atoms with Gasteiger partial charge in [0, 0.05) is 43.6 Å². The van der Waals surface area contributed by atoms with E-state index in [9.17, 15) is 0 Å². The molecule has 36 heavy (non-hydrogen) atoms. The Morgan fingerprint density at radius 1 is 1.08 bits per heavy atom. The van der Waals surface area contributed by atoms with Crippen molar-refractivity contribution in [1.29, 1.82) is 0 Å². The molecule has 2 aliphatic rings. The van der Waals surface area contributed by atoms with Crippen LogP contribution in [-0.2, 0) is 6.42 Å². The highest BCUT2D eigenvalue weighted by atomic mass is 16.5. The van der Waals surface area contributed by atoms with Gasteiger partial charge in [0.25, 0.3) is 0 Å². The van der Waals surface area contributed by atoms with E-state index in [4.69, 9.17) is 9.72 Å². The summed E-state index contributed by atoms with van der Waals surface area (Å²) in [4.78, 5) is 20.8. The van der Waals surface area contributed by atoms with Crippen molar-refractivity contribution in [2.45, 2.75) is 25.8 Å². The summed E-state index contributed by atoms with van der Waals surface area (Å²) < 4.78 is 7.82. The second kappa shape index (κ2) is 8.42. The molecule has 2 N–H and O–H groups in total. The summed E-state index contributed by atoms with van der Waals surface area (Å²) in [5.74, 6) is 3.24. The van der Waals surface area contributed by atoms with Crippen molar-refractivity contribution in [2.75, 3.05) is 29.9 Å². The molecule has 0 aliphatic carbocycles. The number of anilines is 3. The van der Waals surface area contributed by atoms with Crippen LogP contribution in [0.3, 0.4) is 0 Å². The summed E-state index contributed by atoms with van der Waals surface area (Å²) in [5.41, 5.74) is 5.55. The van der Waals surface area contributed by atoms with E-state index in [0.29, 0.717) is 17.6 Å². The standard InChI is InChI=1S/C26H25N9O/c1-16-10-18(4-5-22(16)36-20-6-8-35-23(12-20)29-15-31-35)32-25-24-21(28-14-30-25)11-17-2-3-19-13-34(9-7-27-19)26(17)33-24/h4-6,8,10-12,14-15,19,27H,2-3,7,9,13H2,1H3,(H,28,30,32)/t19-/m1/s1. The summed E-state index contributed by atoms with van der Waals surface area (Å²) in [5, 5.41) is 11.2. The Balaban J connectivity index is 1.18. The van der Waals surface area contributed by atoms with Crippen molar-refractivity contribution >= 4 is 34.0 Å². The molecule has 1 aromatic carbocycles. The zero-order chi connectivity index (χ0) is 24.1. The monoisotopic (exact) mass is 479 g/mol. The van der Waals surface area contributed by atoms with Crippen molar-refractivity contribution in [1.82, 2.24) is 34.9 Å². The molecule has 1 fully saturated rings. The molecule has 0 unspecified atom stereocenters. The van der Waals surface area contributed by atoms with Crippen LogP contribution in [-0.4, -0.2) is 55.2 Å². The Morgan fingerprint density at radius 3 is 3.00 bits per heavy atom. The van der Waals surface area contributed by atoms with E-state index in [1.807, 2.05) is 43.5 Å². The third-order valence-electron chi connectivity index (χ3n) is 6.90. The number of nitrogens with one attached hydrogen (secondary N) is 2. The molecule has 2 aliphatic heterocycles. The molecule has 4 aromatic heterocycles. The zero-order valence-electron chi connectivity index (χ0n) is 19.8. The van der Waals surface area contributed by atoms with Gasteiger partial charge in [0.1, 0.15) is 35.5 Å². The van der Waals surface area contributed by atoms with Gasteiger partial charge in [-0.25, -0.2) is 24.5 Å². The lowest BCUT2D eigenvalue weighted by Crippen LogP contribution is -2.50. The molecule has 1 saturated heterocycles. The number of pyridine rings is 2. The lowest BCUT2D eigenvalue weighted by molar-refractivity contribution is 0.444. The van der Waals surface area contributed by atoms with Gasteiger partial charge < -0.3 is 20.3 Å². The fourth-order valence-corrected chi connectivity index (χ4v) is 5.07. The Kier molecular flexibility index (Phi) is 4.91. The molecule has 0 spiro atoms. The number of piperazine rings is 1. The summed E-state index contributed by atoms with van der Waals surface area (Å²) >= 11 is 0. The molecule has 7 rings (SSSR count). The molecule has 1 atom stereocenters. The predicted molar refractivity (Wildman–Crippen MR) is 137 cm³/mol. The number of aromatic nitrogens is 6. The number of nitrogens with zero attached hydrogens (tertiary/aromatic N) is 7. The van der Waals surface area contributed by atoms with Gasteiger partial charge in [-0.2, -0.15) is 5.10 Å². The number of ether oxygens (including phenoxy) is 1. The molecule has 10 nitrogen and oxygen atoms in total. The topological polar surface area (TPSA) is 105 Å². The van der Waals surface area contributed by atoms with E-state index in [-0.39, 0.29) is 0 Å².